The molecular weight excluding hydrogens is 234 g/mol. The first kappa shape index (κ1) is 14.5. The van der Waals surface area contributed by atoms with Gasteiger partial charge in [-0.15, -0.1) is 0 Å². The molecule has 0 aliphatic carbocycles. The number of hydrogen-bond acceptors (Lipinski definition) is 4. The molecule has 0 aliphatic rings. The number of rotatable bonds is 6. The minimum atomic E-state index is -0.983. The van der Waals surface area contributed by atoms with Gasteiger partial charge in [0.25, 0.3) is 0 Å². The van der Waals surface area contributed by atoms with Crippen molar-refractivity contribution in [2.24, 2.45) is 12.5 Å². The first-order valence-electron chi connectivity index (χ1n) is 5.90. The number of aromatic nitrogens is 2. The topological polar surface area (TPSA) is 87.4 Å². The number of nitrogens with one attached hydrogen (secondary N) is 1. The molecule has 0 aromatic carbocycles. The molecule has 6 heteroatoms. The molecule has 1 heterocycles. The summed E-state index contributed by atoms with van der Waals surface area (Å²) in [5.74, 6) is -0.478. The molecule has 18 heavy (non-hydrogen) atoms. The molecule has 1 aromatic rings. The first-order valence-corrected chi connectivity index (χ1v) is 5.90. The quantitative estimate of drug-likeness (QED) is 0.712. The van der Waals surface area contributed by atoms with Crippen LogP contribution < -0.4 is 5.32 Å². The number of anilines is 1. The van der Waals surface area contributed by atoms with Gasteiger partial charge in [0.15, 0.2) is 0 Å². The zero-order valence-corrected chi connectivity index (χ0v) is 11.3. The molecule has 0 amide bonds. The van der Waals surface area contributed by atoms with Gasteiger partial charge in [-0.2, -0.15) is 5.10 Å². The van der Waals surface area contributed by atoms with E-state index in [0.717, 1.165) is 0 Å². The third-order valence-corrected chi connectivity index (χ3v) is 2.96. The van der Waals surface area contributed by atoms with E-state index in [0.29, 0.717) is 24.5 Å². The Bertz CT molecular complexity index is 438. The summed E-state index contributed by atoms with van der Waals surface area (Å²) in [6.45, 7) is 6.39. The van der Waals surface area contributed by atoms with E-state index >= 15 is 0 Å². The van der Waals surface area contributed by atoms with Gasteiger partial charge in [0.1, 0.15) is 11.4 Å². The standard InChI is InChI=1S/C12H21N3O3/c1-8-9(11(17)18)10(15(4)14-8)13-7-12(2,3)5-6-16/h13,16H,5-7H2,1-4H3,(H,17,18). The minimum Gasteiger partial charge on any atom is -0.477 e. The fraction of sp³-hybridized carbons (Fsp3) is 0.667. The number of hydrogen-bond donors (Lipinski definition) is 3. The molecule has 102 valence electrons. The lowest BCUT2D eigenvalue weighted by atomic mass is 9.90. The molecule has 6 nitrogen and oxygen atoms in total. The van der Waals surface area contributed by atoms with Crippen molar-refractivity contribution in [2.45, 2.75) is 27.2 Å². The van der Waals surface area contributed by atoms with E-state index in [4.69, 9.17) is 10.2 Å². The maximum Gasteiger partial charge on any atom is 0.341 e. The van der Waals surface area contributed by atoms with Crippen LogP contribution in [0.4, 0.5) is 5.82 Å². The third kappa shape index (κ3) is 3.22. The van der Waals surface area contributed by atoms with Gasteiger partial charge >= 0.3 is 5.97 Å². The number of carbonyl (C=O) groups is 1. The van der Waals surface area contributed by atoms with Crippen molar-refractivity contribution < 1.29 is 15.0 Å². The van der Waals surface area contributed by atoms with Gasteiger partial charge in [-0.3, -0.25) is 4.68 Å². The van der Waals surface area contributed by atoms with Crippen LogP contribution in [-0.2, 0) is 7.05 Å². The molecule has 0 aliphatic heterocycles. The zero-order valence-electron chi connectivity index (χ0n) is 11.3. The Morgan fingerprint density at radius 2 is 2.11 bits per heavy atom. The third-order valence-electron chi connectivity index (χ3n) is 2.96. The van der Waals surface area contributed by atoms with Crippen molar-refractivity contribution in [1.82, 2.24) is 9.78 Å². The average molecular weight is 255 g/mol. The van der Waals surface area contributed by atoms with E-state index in [1.54, 1.807) is 14.0 Å². The van der Waals surface area contributed by atoms with Crippen LogP contribution in [0, 0.1) is 12.3 Å². The van der Waals surface area contributed by atoms with Gasteiger partial charge < -0.3 is 15.5 Å². The lowest BCUT2D eigenvalue weighted by Gasteiger charge is -2.24. The number of aryl methyl sites for hydroxylation is 2. The van der Waals surface area contributed by atoms with Gasteiger partial charge in [-0.05, 0) is 18.8 Å². The highest BCUT2D eigenvalue weighted by atomic mass is 16.4. The lowest BCUT2D eigenvalue weighted by Crippen LogP contribution is -2.25. The molecule has 1 rings (SSSR count). The van der Waals surface area contributed by atoms with Crippen LogP contribution in [0.3, 0.4) is 0 Å². The Morgan fingerprint density at radius 3 is 2.61 bits per heavy atom. The van der Waals surface area contributed by atoms with E-state index < -0.39 is 5.97 Å². The van der Waals surface area contributed by atoms with Crippen molar-refractivity contribution in [3.05, 3.63) is 11.3 Å². The summed E-state index contributed by atoms with van der Waals surface area (Å²) in [5.41, 5.74) is 0.590. The summed E-state index contributed by atoms with van der Waals surface area (Å²) >= 11 is 0. The summed E-state index contributed by atoms with van der Waals surface area (Å²) in [6, 6.07) is 0. The van der Waals surface area contributed by atoms with Crippen LogP contribution >= 0.6 is 0 Å². The summed E-state index contributed by atoms with van der Waals surface area (Å²) in [4.78, 5) is 11.2. The summed E-state index contributed by atoms with van der Waals surface area (Å²) < 4.78 is 1.54. The molecule has 0 saturated carbocycles. The Balaban J connectivity index is 2.88. The largest absolute Gasteiger partial charge is 0.477 e. The van der Waals surface area contributed by atoms with Gasteiger partial charge in [-0.25, -0.2) is 4.79 Å². The highest BCUT2D eigenvalue weighted by Crippen LogP contribution is 2.23. The molecule has 0 unspecified atom stereocenters. The van der Waals surface area contributed by atoms with Gasteiger partial charge in [0.05, 0.1) is 5.69 Å². The van der Waals surface area contributed by atoms with Crippen molar-refractivity contribution in [1.29, 1.82) is 0 Å². The SMILES string of the molecule is Cc1nn(C)c(NCC(C)(C)CCO)c1C(=O)O. The second-order valence-corrected chi connectivity index (χ2v) is 5.23. The first-order chi connectivity index (χ1) is 8.28. The fourth-order valence-electron chi connectivity index (χ4n) is 1.83. The van der Waals surface area contributed by atoms with Crippen LogP contribution in [-0.4, -0.2) is 39.1 Å². The van der Waals surface area contributed by atoms with E-state index in [9.17, 15) is 4.79 Å². The Hall–Kier alpha value is -1.56. The van der Waals surface area contributed by atoms with E-state index in [1.807, 2.05) is 13.8 Å². The normalized spacial score (nSPS) is 11.6. The number of aliphatic hydroxyl groups is 1. The van der Waals surface area contributed by atoms with Crippen LogP contribution in [0.5, 0.6) is 0 Å². The van der Waals surface area contributed by atoms with Crippen molar-refractivity contribution in [3.8, 4) is 0 Å². The fourth-order valence-corrected chi connectivity index (χ4v) is 1.83. The number of aromatic carboxylic acids is 1. The molecule has 0 radical (unpaired) electrons. The molecule has 0 bridgehead atoms. The maximum absolute atomic E-state index is 11.2. The summed E-state index contributed by atoms with van der Waals surface area (Å²) in [6.07, 6.45) is 0.652. The second kappa shape index (κ2) is 5.39. The predicted molar refractivity (Wildman–Crippen MR) is 68.9 cm³/mol. The monoisotopic (exact) mass is 255 g/mol. The maximum atomic E-state index is 11.2. The summed E-state index contributed by atoms with van der Waals surface area (Å²) in [7, 11) is 1.71. The summed E-state index contributed by atoms with van der Waals surface area (Å²) in [5, 5.41) is 25.3. The van der Waals surface area contributed by atoms with Gasteiger partial charge in [0.2, 0.25) is 0 Å². The van der Waals surface area contributed by atoms with Gasteiger partial charge in [-0.1, -0.05) is 13.8 Å². The van der Waals surface area contributed by atoms with E-state index in [2.05, 4.69) is 10.4 Å². The Kier molecular flexibility index (Phi) is 4.34. The van der Waals surface area contributed by atoms with Crippen LogP contribution in [0.15, 0.2) is 0 Å². The predicted octanol–water partition coefficient (Wildman–Crippen LogP) is 1.25. The Morgan fingerprint density at radius 1 is 1.50 bits per heavy atom. The molecule has 0 spiro atoms. The molecule has 0 atom stereocenters. The average Bonchev–Trinajstić information content (AvgIpc) is 2.50. The van der Waals surface area contributed by atoms with Crippen molar-refractivity contribution in [2.75, 3.05) is 18.5 Å². The zero-order chi connectivity index (χ0) is 13.9. The molecule has 1 aromatic heterocycles. The van der Waals surface area contributed by atoms with Gasteiger partial charge in [0, 0.05) is 20.2 Å². The molecular formula is C12H21N3O3. The van der Waals surface area contributed by atoms with Crippen LogP contribution in [0.25, 0.3) is 0 Å². The smallest absolute Gasteiger partial charge is 0.341 e. The van der Waals surface area contributed by atoms with Crippen molar-refractivity contribution >= 4 is 11.8 Å². The number of nitrogens with zero attached hydrogens (tertiary/aromatic N) is 2. The second-order valence-electron chi connectivity index (χ2n) is 5.23. The lowest BCUT2D eigenvalue weighted by molar-refractivity contribution is 0.0697. The molecule has 0 fully saturated rings. The minimum absolute atomic E-state index is 0.108. The van der Waals surface area contributed by atoms with Crippen LogP contribution in [0.1, 0.15) is 36.3 Å². The van der Waals surface area contributed by atoms with E-state index in [1.165, 1.54) is 4.68 Å². The number of carboxylic acid groups (broad SMARTS) is 1. The van der Waals surface area contributed by atoms with Crippen LogP contribution in [0.2, 0.25) is 0 Å². The highest BCUT2D eigenvalue weighted by molar-refractivity contribution is 5.94. The number of aliphatic hydroxyl groups excluding tert-OH is 1. The highest BCUT2D eigenvalue weighted by Gasteiger charge is 2.22. The van der Waals surface area contributed by atoms with E-state index in [-0.39, 0.29) is 17.6 Å². The molecule has 0 saturated heterocycles. The van der Waals surface area contributed by atoms with Crippen molar-refractivity contribution in [3.63, 3.8) is 0 Å². The molecule has 3 N–H and O–H groups in total. The number of carboxylic acids is 1. The Labute approximate surface area is 107 Å².